The molecule has 1 aromatic carbocycles. The molecule has 3 heteroatoms. The lowest BCUT2D eigenvalue weighted by molar-refractivity contribution is -0.121. The molecule has 86 valence electrons. The van der Waals surface area contributed by atoms with Crippen molar-refractivity contribution in [2.24, 2.45) is 5.73 Å². The molecule has 0 heterocycles. The number of carbonyl (C=O) groups excluding carboxylic acids is 1. The van der Waals surface area contributed by atoms with Crippen molar-refractivity contribution in [3.8, 4) is 0 Å². The smallest absolute Gasteiger partial charge is 0.220 e. The van der Waals surface area contributed by atoms with Gasteiger partial charge in [-0.3, -0.25) is 4.79 Å². The molecule has 1 saturated carbocycles. The van der Waals surface area contributed by atoms with Crippen molar-refractivity contribution in [2.45, 2.75) is 31.2 Å². The number of benzene rings is 1. The Labute approximate surface area is 96.0 Å². The van der Waals surface area contributed by atoms with Gasteiger partial charge in [0.2, 0.25) is 5.91 Å². The number of nitrogens with two attached hydrogens (primary N) is 1. The molecule has 0 aromatic heterocycles. The monoisotopic (exact) mass is 218 g/mol. The molecule has 0 radical (unpaired) electrons. The maximum Gasteiger partial charge on any atom is 0.220 e. The topological polar surface area (TPSA) is 55.1 Å². The number of amides is 1. The van der Waals surface area contributed by atoms with Crippen molar-refractivity contribution >= 4 is 5.91 Å². The first-order valence-corrected chi connectivity index (χ1v) is 5.79. The summed E-state index contributed by atoms with van der Waals surface area (Å²) in [6, 6.07) is 10.1. The van der Waals surface area contributed by atoms with E-state index in [0.29, 0.717) is 13.0 Å². The van der Waals surface area contributed by atoms with E-state index >= 15 is 0 Å². The minimum absolute atomic E-state index is 0.0617. The number of hydrogen-bond acceptors (Lipinski definition) is 2. The molecule has 1 aliphatic rings. The van der Waals surface area contributed by atoms with Crippen molar-refractivity contribution in [3.05, 3.63) is 35.9 Å². The van der Waals surface area contributed by atoms with Gasteiger partial charge in [0.1, 0.15) is 0 Å². The zero-order valence-corrected chi connectivity index (χ0v) is 9.41. The number of carbonyl (C=O) groups is 1. The van der Waals surface area contributed by atoms with Gasteiger partial charge in [-0.15, -0.1) is 0 Å². The Morgan fingerprint density at radius 1 is 1.31 bits per heavy atom. The van der Waals surface area contributed by atoms with E-state index in [9.17, 15) is 4.79 Å². The summed E-state index contributed by atoms with van der Waals surface area (Å²) in [5.41, 5.74) is 6.75. The SMILES string of the molecule is NCC1(NC(=O)CCc2ccccc2)CC1. The predicted octanol–water partition coefficient (Wildman–Crippen LogP) is 1.23. The Hall–Kier alpha value is -1.35. The third kappa shape index (κ3) is 2.83. The summed E-state index contributed by atoms with van der Waals surface area (Å²) in [5, 5.41) is 3.02. The van der Waals surface area contributed by atoms with Crippen molar-refractivity contribution < 1.29 is 4.79 Å². The molecule has 2 rings (SSSR count). The molecule has 1 fully saturated rings. The molecule has 0 atom stereocenters. The van der Waals surface area contributed by atoms with Gasteiger partial charge < -0.3 is 11.1 Å². The summed E-state index contributed by atoms with van der Waals surface area (Å²) >= 11 is 0. The molecule has 1 amide bonds. The minimum atomic E-state index is -0.0617. The van der Waals surface area contributed by atoms with Crippen LogP contribution in [-0.4, -0.2) is 18.0 Å². The molecular weight excluding hydrogens is 200 g/mol. The Kier molecular flexibility index (Phi) is 3.25. The highest BCUT2D eigenvalue weighted by Crippen LogP contribution is 2.33. The first-order chi connectivity index (χ1) is 7.74. The average Bonchev–Trinajstić information content (AvgIpc) is 3.08. The molecule has 3 N–H and O–H groups in total. The van der Waals surface area contributed by atoms with Crippen LogP contribution in [0, 0.1) is 0 Å². The van der Waals surface area contributed by atoms with Gasteiger partial charge in [0.25, 0.3) is 0 Å². The van der Waals surface area contributed by atoms with Crippen LogP contribution in [0.25, 0.3) is 0 Å². The molecule has 0 bridgehead atoms. The first-order valence-electron chi connectivity index (χ1n) is 5.79. The van der Waals surface area contributed by atoms with Crippen LogP contribution in [0.5, 0.6) is 0 Å². The predicted molar refractivity (Wildman–Crippen MR) is 63.9 cm³/mol. The van der Waals surface area contributed by atoms with Crippen LogP contribution in [-0.2, 0) is 11.2 Å². The van der Waals surface area contributed by atoms with Crippen LogP contribution in [0.15, 0.2) is 30.3 Å². The molecule has 0 aliphatic heterocycles. The van der Waals surface area contributed by atoms with Crippen molar-refractivity contribution in [3.63, 3.8) is 0 Å². The fourth-order valence-electron chi connectivity index (χ4n) is 1.79. The Morgan fingerprint density at radius 2 is 2.00 bits per heavy atom. The summed E-state index contributed by atoms with van der Waals surface area (Å²) in [5.74, 6) is 0.117. The van der Waals surface area contributed by atoms with Crippen LogP contribution in [0.2, 0.25) is 0 Å². The molecule has 1 aromatic rings. The molecule has 0 saturated heterocycles. The largest absolute Gasteiger partial charge is 0.349 e. The second-order valence-corrected chi connectivity index (χ2v) is 4.52. The zero-order valence-electron chi connectivity index (χ0n) is 9.41. The van der Waals surface area contributed by atoms with Crippen molar-refractivity contribution in [1.82, 2.24) is 5.32 Å². The van der Waals surface area contributed by atoms with Crippen LogP contribution in [0.3, 0.4) is 0 Å². The van der Waals surface area contributed by atoms with Crippen LogP contribution < -0.4 is 11.1 Å². The van der Waals surface area contributed by atoms with Crippen LogP contribution in [0.1, 0.15) is 24.8 Å². The Balaban J connectivity index is 1.76. The second-order valence-electron chi connectivity index (χ2n) is 4.52. The first kappa shape index (κ1) is 11.1. The van der Waals surface area contributed by atoms with Gasteiger partial charge in [-0.1, -0.05) is 30.3 Å². The minimum Gasteiger partial charge on any atom is -0.349 e. The highest BCUT2D eigenvalue weighted by Gasteiger charge is 2.42. The Bertz CT molecular complexity index is 357. The van der Waals surface area contributed by atoms with Crippen molar-refractivity contribution in [2.75, 3.05) is 6.54 Å². The quantitative estimate of drug-likeness (QED) is 0.781. The molecule has 3 nitrogen and oxygen atoms in total. The molecule has 0 spiro atoms. The lowest BCUT2D eigenvalue weighted by atomic mass is 10.1. The molecule has 16 heavy (non-hydrogen) atoms. The van der Waals surface area contributed by atoms with Gasteiger partial charge in [-0.05, 0) is 24.8 Å². The van der Waals surface area contributed by atoms with E-state index in [0.717, 1.165) is 19.3 Å². The van der Waals surface area contributed by atoms with E-state index in [1.807, 2.05) is 30.3 Å². The molecule has 0 unspecified atom stereocenters. The highest BCUT2D eigenvalue weighted by molar-refractivity contribution is 5.77. The summed E-state index contributed by atoms with van der Waals surface area (Å²) in [4.78, 5) is 11.7. The van der Waals surface area contributed by atoms with E-state index in [1.165, 1.54) is 5.56 Å². The van der Waals surface area contributed by atoms with Crippen LogP contribution >= 0.6 is 0 Å². The summed E-state index contributed by atoms with van der Waals surface area (Å²) in [6.07, 6.45) is 3.40. The highest BCUT2D eigenvalue weighted by atomic mass is 16.1. The van der Waals surface area contributed by atoms with Crippen molar-refractivity contribution in [1.29, 1.82) is 0 Å². The van der Waals surface area contributed by atoms with Gasteiger partial charge in [0, 0.05) is 13.0 Å². The fourth-order valence-corrected chi connectivity index (χ4v) is 1.79. The van der Waals surface area contributed by atoms with Gasteiger partial charge in [0.05, 0.1) is 5.54 Å². The second kappa shape index (κ2) is 4.66. The third-order valence-electron chi connectivity index (χ3n) is 3.13. The third-order valence-corrected chi connectivity index (χ3v) is 3.13. The summed E-state index contributed by atoms with van der Waals surface area (Å²) in [6.45, 7) is 0.560. The van der Waals surface area contributed by atoms with E-state index in [-0.39, 0.29) is 11.4 Å². The number of hydrogen-bond donors (Lipinski definition) is 2. The normalized spacial score (nSPS) is 16.8. The maximum atomic E-state index is 11.7. The van der Waals surface area contributed by atoms with Gasteiger partial charge in [0.15, 0.2) is 0 Å². The van der Waals surface area contributed by atoms with Gasteiger partial charge in [-0.2, -0.15) is 0 Å². The van der Waals surface area contributed by atoms with Gasteiger partial charge in [-0.25, -0.2) is 0 Å². The van der Waals surface area contributed by atoms with E-state index in [1.54, 1.807) is 0 Å². The lowest BCUT2D eigenvalue weighted by Crippen LogP contribution is -2.42. The van der Waals surface area contributed by atoms with Crippen LogP contribution in [0.4, 0.5) is 0 Å². The maximum absolute atomic E-state index is 11.7. The molecule has 1 aliphatic carbocycles. The van der Waals surface area contributed by atoms with E-state index in [4.69, 9.17) is 5.73 Å². The van der Waals surface area contributed by atoms with Gasteiger partial charge >= 0.3 is 0 Å². The Morgan fingerprint density at radius 3 is 2.56 bits per heavy atom. The van der Waals surface area contributed by atoms with E-state index in [2.05, 4.69) is 5.32 Å². The average molecular weight is 218 g/mol. The standard InChI is InChI=1S/C13H18N2O/c14-10-13(8-9-13)15-12(16)7-6-11-4-2-1-3-5-11/h1-5H,6-10,14H2,(H,15,16). The number of rotatable bonds is 5. The number of aryl methyl sites for hydroxylation is 1. The summed E-state index contributed by atoms with van der Waals surface area (Å²) < 4.78 is 0. The number of nitrogens with one attached hydrogen (secondary N) is 1. The summed E-state index contributed by atoms with van der Waals surface area (Å²) in [7, 11) is 0. The zero-order chi connectivity index (χ0) is 11.4. The molecular formula is C13H18N2O. The fraction of sp³-hybridized carbons (Fsp3) is 0.462. The lowest BCUT2D eigenvalue weighted by Gasteiger charge is -2.14. The van der Waals surface area contributed by atoms with E-state index < -0.39 is 0 Å².